The number of aryl methyl sites for hydroxylation is 1. The summed E-state index contributed by atoms with van der Waals surface area (Å²) in [5.74, 6) is 0.730. The minimum absolute atomic E-state index is 0.288. The first-order valence-corrected chi connectivity index (χ1v) is 7.52. The third-order valence-corrected chi connectivity index (χ3v) is 4.82. The molecule has 0 bridgehead atoms. The summed E-state index contributed by atoms with van der Waals surface area (Å²) in [6.45, 7) is 7.70. The van der Waals surface area contributed by atoms with Gasteiger partial charge in [-0.05, 0) is 31.9 Å². The quantitative estimate of drug-likeness (QED) is 0.827. The van der Waals surface area contributed by atoms with Crippen molar-refractivity contribution in [3.8, 4) is 0 Å². The SMILES string of the molecule is CC1(C)C(NCCCn2cccn2)C2CCCOC21. The molecule has 2 fully saturated rings. The van der Waals surface area contributed by atoms with Gasteiger partial charge in [-0.3, -0.25) is 4.68 Å². The van der Waals surface area contributed by atoms with Crippen LogP contribution in [0, 0.1) is 11.3 Å². The van der Waals surface area contributed by atoms with Gasteiger partial charge in [-0.2, -0.15) is 5.10 Å². The lowest BCUT2D eigenvalue weighted by Crippen LogP contribution is -2.69. The lowest BCUT2D eigenvalue weighted by atomic mass is 9.55. The van der Waals surface area contributed by atoms with E-state index < -0.39 is 0 Å². The van der Waals surface area contributed by atoms with Crippen molar-refractivity contribution in [1.82, 2.24) is 15.1 Å². The molecule has 2 heterocycles. The predicted octanol–water partition coefficient (Wildman–Crippen LogP) is 2.07. The first kappa shape index (κ1) is 13.1. The Kier molecular flexibility index (Phi) is 3.63. The Hall–Kier alpha value is -0.870. The average molecular weight is 263 g/mol. The molecule has 0 amide bonds. The number of ether oxygens (including phenoxy) is 1. The van der Waals surface area contributed by atoms with Crippen LogP contribution in [-0.4, -0.2) is 35.1 Å². The van der Waals surface area contributed by atoms with E-state index in [0.717, 1.165) is 32.0 Å². The highest BCUT2D eigenvalue weighted by Crippen LogP contribution is 2.51. The van der Waals surface area contributed by atoms with Gasteiger partial charge in [-0.1, -0.05) is 13.8 Å². The van der Waals surface area contributed by atoms with Crippen molar-refractivity contribution < 1.29 is 4.74 Å². The van der Waals surface area contributed by atoms with Gasteiger partial charge in [0.2, 0.25) is 0 Å². The molecule has 1 aliphatic heterocycles. The van der Waals surface area contributed by atoms with Crippen molar-refractivity contribution in [2.45, 2.75) is 51.8 Å². The number of rotatable bonds is 5. The standard InChI is InChI=1S/C15H25N3O/c1-15(2)13(12-6-3-11-19-14(12)15)16-7-4-9-18-10-5-8-17-18/h5,8,10,12-14,16H,3-4,6-7,9,11H2,1-2H3. The summed E-state index contributed by atoms with van der Waals surface area (Å²) in [5.41, 5.74) is 0.288. The van der Waals surface area contributed by atoms with E-state index in [4.69, 9.17) is 4.74 Å². The molecule has 0 spiro atoms. The van der Waals surface area contributed by atoms with Crippen LogP contribution in [0.5, 0.6) is 0 Å². The smallest absolute Gasteiger partial charge is 0.0684 e. The zero-order valence-electron chi connectivity index (χ0n) is 12.0. The number of hydrogen-bond acceptors (Lipinski definition) is 3. The number of fused-ring (bicyclic) bond motifs is 1. The zero-order chi connectivity index (χ0) is 13.3. The van der Waals surface area contributed by atoms with E-state index >= 15 is 0 Å². The topological polar surface area (TPSA) is 39.1 Å². The van der Waals surface area contributed by atoms with Crippen LogP contribution >= 0.6 is 0 Å². The number of nitrogens with one attached hydrogen (secondary N) is 1. The third-order valence-electron chi connectivity index (χ3n) is 4.82. The molecule has 0 aromatic carbocycles. The van der Waals surface area contributed by atoms with Crippen molar-refractivity contribution in [2.24, 2.45) is 11.3 Å². The van der Waals surface area contributed by atoms with Crippen molar-refractivity contribution in [3.63, 3.8) is 0 Å². The fourth-order valence-corrected chi connectivity index (χ4v) is 3.87. The van der Waals surface area contributed by atoms with Gasteiger partial charge in [0.25, 0.3) is 0 Å². The fourth-order valence-electron chi connectivity index (χ4n) is 3.87. The lowest BCUT2D eigenvalue weighted by molar-refractivity contribution is -0.192. The monoisotopic (exact) mass is 263 g/mol. The van der Waals surface area contributed by atoms with Crippen LogP contribution in [-0.2, 0) is 11.3 Å². The molecular weight excluding hydrogens is 238 g/mol. The van der Waals surface area contributed by atoms with E-state index in [1.54, 1.807) is 0 Å². The highest BCUT2D eigenvalue weighted by atomic mass is 16.5. The van der Waals surface area contributed by atoms with Crippen LogP contribution in [0.2, 0.25) is 0 Å². The molecule has 1 saturated heterocycles. The van der Waals surface area contributed by atoms with Crippen LogP contribution in [0.1, 0.15) is 33.1 Å². The number of hydrogen-bond donors (Lipinski definition) is 1. The predicted molar refractivity (Wildman–Crippen MR) is 74.9 cm³/mol. The fraction of sp³-hybridized carbons (Fsp3) is 0.800. The Morgan fingerprint density at radius 3 is 3.16 bits per heavy atom. The van der Waals surface area contributed by atoms with Crippen LogP contribution in [0.25, 0.3) is 0 Å². The Labute approximate surface area is 115 Å². The molecule has 4 nitrogen and oxygen atoms in total. The Bertz CT molecular complexity index is 402. The Balaban J connectivity index is 1.44. The van der Waals surface area contributed by atoms with Crippen LogP contribution in [0.4, 0.5) is 0 Å². The van der Waals surface area contributed by atoms with Crippen LogP contribution in [0.3, 0.4) is 0 Å². The average Bonchev–Trinajstić information content (AvgIpc) is 2.91. The highest BCUT2D eigenvalue weighted by molar-refractivity contribution is 5.10. The summed E-state index contributed by atoms with van der Waals surface area (Å²) < 4.78 is 7.93. The van der Waals surface area contributed by atoms with Crippen LogP contribution < -0.4 is 5.32 Å². The first-order chi connectivity index (χ1) is 9.19. The summed E-state index contributed by atoms with van der Waals surface area (Å²) >= 11 is 0. The maximum atomic E-state index is 5.93. The van der Waals surface area contributed by atoms with Crippen molar-refractivity contribution in [3.05, 3.63) is 18.5 Å². The molecule has 1 N–H and O–H groups in total. The molecule has 3 unspecified atom stereocenters. The molecular formula is C15H25N3O. The summed E-state index contributed by atoms with van der Waals surface area (Å²) in [5, 5.41) is 7.98. The van der Waals surface area contributed by atoms with Gasteiger partial charge >= 0.3 is 0 Å². The molecule has 1 aromatic heterocycles. The summed E-state index contributed by atoms with van der Waals surface area (Å²) in [6.07, 6.45) is 8.02. The largest absolute Gasteiger partial charge is 0.377 e. The molecule has 0 radical (unpaired) electrons. The number of aromatic nitrogens is 2. The minimum Gasteiger partial charge on any atom is -0.377 e. The molecule has 19 heavy (non-hydrogen) atoms. The van der Waals surface area contributed by atoms with Crippen molar-refractivity contribution in [1.29, 1.82) is 0 Å². The van der Waals surface area contributed by atoms with Gasteiger partial charge in [-0.25, -0.2) is 0 Å². The van der Waals surface area contributed by atoms with Gasteiger partial charge in [0.15, 0.2) is 0 Å². The lowest BCUT2D eigenvalue weighted by Gasteiger charge is -2.60. The Morgan fingerprint density at radius 1 is 1.47 bits per heavy atom. The molecule has 3 atom stereocenters. The first-order valence-electron chi connectivity index (χ1n) is 7.52. The summed E-state index contributed by atoms with van der Waals surface area (Å²) in [6, 6.07) is 2.60. The summed E-state index contributed by atoms with van der Waals surface area (Å²) in [4.78, 5) is 0. The maximum Gasteiger partial charge on any atom is 0.0684 e. The van der Waals surface area contributed by atoms with Crippen molar-refractivity contribution >= 4 is 0 Å². The second kappa shape index (κ2) is 5.25. The van der Waals surface area contributed by atoms with Gasteiger partial charge in [0, 0.05) is 42.9 Å². The highest BCUT2D eigenvalue weighted by Gasteiger charge is 2.57. The van der Waals surface area contributed by atoms with Crippen LogP contribution in [0.15, 0.2) is 18.5 Å². The van der Waals surface area contributed by atoms with Gasteiger partial charge in [0.05, 0.1) is 6.10 Å². The molecule has 4 heteroatoms. The van der Waals surface area contributed by atoms with Gasteiger partial charge < -0.3 is 10.1 Å². The van der Waals surface area contributed by atoms with E-state index in [9.17, 15) is 0 Å². The van der Waals surface area contributed by atoms with E-state index in [1.165, 1.54) is 12.8 Å². The van der Waals surface area contributed by atoms with E-state index in [2.05, 4.69) is 24.3 Å². The normalized spacial score (nSPS) is 32.6. The van der Waals surface area contributed by atoms with Crippen molar-refractivity contribution in [2.75, 3.05) is 13.2 Å². The summed E-state index contributed by atoms with van der Waals surface area (Å²) in [7, 11) is 0. The maximum absolute atomic E-state index is 5.93. The minimum atomic E-state index is 0.288. The molecule has 1 aliphatic carbocycles. The third kappa shape index (κ3) is 2.43. The number of nitrogens with zero attached hydrogens (tertiary/aromatic N) is 2. The molecule has 2 aliphatic rings. The van der Waals surface area contributed by atoms with E-state index in [1.807, 2.05) is 23.1 Å². The second-order valence-electron chi connectivity index (χ2n) is 6.47. The van der Waals surface area contributed by atoms with Gasteiger partial charge in [0.1, 0.15) is 0 Å². The molecule has 1 saturated carbocycles. The molecule has 3 rings (SSSR count). The molecule has 106 valence electrons. The Morgan fingerprint density at radius 2 is 2.37 bits per heavy atom. The second-order valence-corrected chi connectivity index (χ2v) is 6.47. The molecule has 1 aromatic rings. The van der Waals surface area contributed by atoms with E-state index in [0.29, 0.717) is 12.1 Å². The van der Waals surface area contributed by atoms with E-state index in [-0.39, 0.29) is 5.41 Å². The zero-order valence-corrected chi connectivity index (χ0v) is 12.0. The van der Waals surface area contributed by atoms with Gasteiger partial charge in [-0.15, -0.1) is 0 Å².